The van der Waals surface area contributed by atoms with Gasteiger partial charge in [0, 0.05) is 19.1 Å². The maximum Gasteiger partial charge on any atom is 0.227 e. The molecule has 1 amide bonds. The van der Waals surface area contributed by atoms with Gasteiger partial charge in [-0.3, -0.25) is 4.79 Å². The fraction of sp³-hybridized carbons (Fsp3) is 0.929. The van der Waals surface area contributed by atoms with Gasteiger partial charge in [0.05, 0.1) is 5.92 Å². The minimum atomic E-state index is 0.188. The largest absolute Gasteiger partial charge is 0.342 e. The summed E-state index contributed by atoms with van der Waals surface area (Å²) in [5, 5.41) is 3.41. The zero-order valence-electron chi connectivity index (χ0n) is 11.8. The second-order valence-corrected chi connectivity index (χ2v) is 5.38. The number of rotatable bonds is 5. The Labute approximate surface area is 106 Å². The predicted molar refractivity (Wildman–Crippen MR) is 71.9 cm³/mol. The lowest BCUT2D eigenvalue weighted by atomic mass is 9.90. The number of amides is 1. The molecule has 0 radical (unpaired) electrons. The first-order chi connectivity index (χ1) is 8.10. The number of carbonyl (C=O) groups is 1. The van der Waals surface area contributed by atoms with Gasteiger partial charge < -0.3 is 10.2 Å². The van der Waals surface area contributed by atoms with Crippen LogP contribution in [0.15, 0.2) is 0 Å². The van der Waals surface area contributed by atoms with Gasteiger partial charge in [0.15, 0.2) is 0 Å². The fourth-order valence-electron chi connectivity index (χ4n) is 2.50. The summed E-state index contributed by atoms with van der Waals surface area (Å²) in [6.07, 6.45) is 3.31. The number of carbonyl (C=O) groups excluding carboxylic acids is 1. The Morgan fingerprint density at radius 3 is 2.71 bits per heavy atom. The number of hydrogen-bond donors (Lipinski definition) is 1. The van der Waals surface area contributed by atoms with Crippen LogP contribution in [0.1, 0.15) is 47.0 Å². The molecule has 1 rings (SSSR count). The summed E-state index contributed by atoms with van der Waals surface area (Å²) in [4.78, 5) is 14.5. The van der Waals surface area contributed by atoms with Crippen molar-refractivity contribution in [2.24, 2.45) is 11.8 Å². The number of nitrogens with one attached hydrogen (secondary N) is 1. The highest BCUT2D eigenvalue weighted by Gasteiger charge is 2.30. The highest BCUT2D eigenvalue weighted by atomic mass is 16.2. The summed E-state index contributed by atoms with van der Waals surface area (Å²) in [5.41, 5.74) is 0. The van der Waals surface area contributed by atoms with Crippen molar-refractivity contribution in [3.8, 4) is 0 Å². The fourth-order valence-corrected chi connectivity index (χ4v) is 2.50. The summed E-state index contributed by atoms with van der Waals surface area (Å²) in [7, 11) is 0. The maximum absolute atomic E-state index is 12.5. The molecule has 3 unspecified atom stereocenters. The quantitative estimate of drug-likeness (QED) is 0.799. The number of piperidine rings is 1. The maximum atomic E-state index is 12.5. The first-order valence-corrected chi connectivity index (χ1v) is 7.12. The molecule has 0 bridgehead atoms. The van der Waals surface area contributed by atoms with Crippen molar-refractivity contribution in [3.05, 3.63) is 0 Å². The van der Waals surface area contributed by atoms with E-state index in [1.165, 1.54) is 0 Å². The average Bonchev–Trinajstić information content (AvgIpc) is 2.35. The Balaban J connectivity index is 2.58. The van der Waals surface area contributed by atoms with Crippen molar-refractivity contribution < 1.29 is 4.79 Å². The van der Waals surface area contributed by atoms with Crippen molar-refractivity contribution >= 4 is 5.91 Å². The van der Waals surface area contributed by atoms with Crippen LogP contribution in [0.5, 0.6) is 0 Å². The molecule has 0 aliphatic carbocycles. The van der Waals surface area contributed by atoms with Crippen LogP contribution < -0.4 is 5.32 Å². The van der Waals surface area contributed by atoms with Crippen molar-refractivity contribution in [1.82, 2.24) is 10.2 Å². The molecule has 1 saturated heterocycles. The van der Waals surface area contributed by atoms with E-state index in [-0.39, 0.29) is 5.92 Å². The molecular formula is C14H28N2O. The average molecular weight is 240 g/mol. The lowest BCUT2D eigenvalue weighted by Gasteiger charge is -2.34. The van der Waals surface area contributed by atoms with Crippen LogP contribution in [0.4, 0.5) is 0 Å². The van der Waals surface area contributed by atoms with E-state index < -0.39 is 0 Å². The molecule has 100 valence electrons. The SMILES string of the molecule is CCC(C)CN(CC)C(=O)C1CCCNC1C. The monoisotopic (exact) mass is 240 g/mol. The van der Waals surface area contributed by atoms with Crippen LogP contribution in [-0.2, 0) is 4.79 Å². The zero-order valence-corrected chi connectivity index (χ0v) is 11.8. The van der Waals surface area contributed by atoms with Gasteiger partial charge >= 0.3 is 0 Å². The molecule has 17 heavy (non-hydrogen) atoms. The molecule has 1 aliphatic rings. The van der Waals surface area contributed by atoms with Gasteiger partial charge in [0.25, 0.3) is 0 Å². The molecule has 0 spiro atoms. The van der Waals surface area contributed by atoms with Crippen LogP contribution in [0.25, 0.3) is 0 Å². The molecule has 1 heterocycles. The van der Waals surface area contributed by atoms with E-state index in [2.05, 4.69) is 33.0 Å². The first kappa shape index (κ1) is 14.5. The van der Waals surface area contributed by atoms with Gasteiger partial charge in [0.2, 0.25) is 5.91 Å². The molecular weight excluding hydrogens is 212 g/mol. The van der Waals surface area contributed by atoms with Gasteiger partial charge in [0.1, 0.15) is 0 Å². The van der Waals surface area contributed by atoms with E-state index in [9.17, 15) is 4.79 Å². The second kappa shape index (κ2) is 7.00. The minimum Gasteiger partial charge on any atom is -0.342 e. The van der Waals surface area contributed by atoms with Gasteiger partial charge in [-0.1, -0.05) is 20.3 Å². The Kier molecular flexibility index (Phi) is 5.96. The van der Waals surface area contributed by atoms with E-state index in [0.29, 0.717) is 17.9 Å². The summed E-state index contributed by atoms with van der Waals surface area (Å²) in [5.74, 6) is 1.14. The molecule has 0 aromatic heterocycles. The Morgan fingerprint density at radius 2 is 2.18 bits per heavy atom. The summed E-state index contributed by atoms with van der Waals surface area (Å²) in [6, 6.07) is 0.335. The Morgan fingerprint density at radius 1 is 1.47 bits per heavy atom. The standard InChI is InChI=1S/C14H28N2O/c1-5-11(3)10-16(6-2)14(17)13-8-7-9-15-12(13)4/h11-13,15H,5-10H2,1-4H3. The van der Waals surface area contributed by atoms with E-state index in [1.54, 1.807) is 0 Å². The smallest absolute Gasteiger partial charge is 0.227 e. The third kappa shape index (κ3) is 3.98. The lowest BCUT2D eigenvalue weighted by Crippen LogP contribution is -2.49. The topological polar surface area (TPSA) is 32.3 Å². The lowest BCUT2D eigenvalue weighted by molar-refractivity contribution is -0.137. The highest BCUT2D eigenvalue weighted by molar-refractivity contribution is 5.79. The first-order valence-electron chi connectivity index (χ1n) is 7.12. The van der Waals surface area contributed by atoms with Gasteiger partial charge in [-0.15, -0.1) is 0 Å². The van der Waals surface area contributed by atoms with Crippen molar-refractivity contribution in [1.29, 1.82) is 0 Å². The normalized spacial score (nSPS) is 26.6. The third-order valence-electron chi connectivity index (χ3n) is 4.00. The highest BCUT2D eigenvalue weighted by Crippen LogP contribution is 2.20. The minimum absolute atomic E-state index is 0.188. The Hall–Kier alpha value is -0.570. The van der Waals surface area contributed by atoms with Gasteiger partial charge in [-0.05, 0) is 39.2 Å². The van der Waals surface area contributed by atoms with Crippen LogP contribution in [0, 0.1) is 11.8 Å². The van der Waals surface area contributed by atoms with Crippen LogP contribution in [0.2, 0.25) is 0 Å². The number of nitrogens with zero attached hydrogens (tertiary/aromatic N) is 1. The van der Waals surface area contributed by atoms with Crippen molar-refractivity contribution in [3.63, 3.8) is 0 Å². The predicted octanol–water partition coefficient (Wildman–Crippen LogP) is 2.27. The van der Waals surface area contributed by atoms with Crippen molar-refractivity contribution in [2.45, 2.75) is 53.0 Å². The molecule has 1 N–H and O–H groups in total. The summed E-state index contributed by atoms with van der Waals surface area (Å²) >= 11 is 0. The summed E-state index contributed by atoms with van der Waals surface area (Å²) in [6.45, 7) is 11.4. The van der Waals surface area contributed by atoms with Crippen LogP contribution >= 0.6 is 0 Å². The van der Waals surface area contributed by atoms with Crippen LogP contribution in [0.3, 0.4) is 0 Å². The molecule has 0 aromatic carbocycles. The van der Waals surface area contributed by atoms with Crippen molar-refractivity contribution in [2.75, 3.05) is 19.6 Å². The second-order valence-electron chi connectivity index (χ2n) is 5.38. The van der Waals surface area contributed by atoms with Gasteiger partial charge in [-0.2, -0.15) is 0 Å². The molecule has 1 aliphatic heterocycles. The van der Waals surface area contributed by atoms with E-state index in [1.807, 2.05) is 4.90 Å². The van der Waals surface area contributed by atoms with Crippen LogP contribution in [-0.4, -0.2) is 36.5 Å². The van der Waals surface area contributed by atoms with E-state index in [0.717, 1.165) is 38.9 Å². The molecule has 3 atom stereocenters. The molecule has 0 saturated carbocycles. The number of hydrogen-bond acceptors (Lipinski definition) is 2. The van der Waals surface area contributed by atoms with E-state index in [4.69, 9.17) is 0 Å². The molecule has 3 heteroatoms. The summed E-state index contributed by atoms with van der Waals surface area (Å²) < 4.78 is 0. The molecule has 3 nitrogen and oxygen atoms in total. The molecule has 1 fully saturated rings. The third-order valence-corrected chi connectivity index (χ3v) is 4.00. The zero-order chi connectivity index (χ0) is 12.8. The Bertz CT molecular complexity index is 242. The van der Waals surface area contributed by atoms with Gasteiger partial charge in [-0.25, -0.2) is 0 Å². The molecule has 0 aromatic rings. The van der Waals surface area contributed by atoms with E-state index >= 15 is 0 Å².